The van der Waals surface area contributed by atoms with Crippen molar-refractivity contribution < 1.29 is 35.9 Å². The van der Waals surface area contributed by atoms with Gasteiger partial charge in [0, 0.05) is 63.7 Å². The number of alkyl halides is 3. The largest absolute Gasteiger partial charge is 0.416 e. The summed E-state index contributed by atoms with van der Waals surface area (Å²) < 4.78 is 77.6. The maximum atomic E-state index is 13.8. The van der Waals surface area contributed by atoms with Crippen molar-refractivity contribution in [2.75, 3.05) is 88.6 Å². The fourth-order valence-electron chi connectivity index (χ4n) is 5.06. The molecule has 3 saturated heterocycles. The fourth-order valence-corrected chi connectivity index (χ4v) is 6.50. The van der Waals surface area contributed by atoms with Crippen LogP contribution in [0.4, 0.5) is 24.5 Å². The molecule has 3 fully saturated rings. The number of benzene rings is 2. The molecule has 3 heterocycles. The summed E-state index contributed by atoms with van der Waals surface area (Å²) >= 11 is 0. The summed E-state index contributed by atoms with van der Waals surface area (Å²) in [6.07, 6.45) is -4.40. The molecule has 0 aromatic heterocycles. The first-order valence-corrected chi connectivity index (χ1v) is 14.3. The smallest absolute Gasteiger partial charge is 0.379 e. The summed E-state index contributed by atoms with van der Waals surface area (Å²) in [6.45, 7) is 4.90. The summed E-state index contributed by atoms with van der Waals surface area (Å²) in [4.78, 5) is 19.5. The van der Waals surface area contributed by atoms with Crippen LogP contribution >= 0.6 is 0 Å². The summed E-state index contributed by atoms with van der Waals surface area (Å²) in [5.41, 5.74) is 0.925. The molecule has 0 bridgehead atoms. The van der Waals surface area contributed by atoms with Crippen LogP contribution in [0.2, 0.25) is 0 Å². The molecule has 2 aromatic carbocycles. The summed E-state index contributed by atoms with van der Waals surface area (Å²) in [6, 6.07) is 9.72. The molecule has 3 aliphatic rings. The monoisotopic (exact) mass is 568 g/mol. The molecule has 0 unspecified atom stereocenters. The number of carbonyl (C=O) groups is 1. The maximum absolute atomic E-state index is 13.8. The molecule has 2 aromatic rings. The number of hydrogen-bond donors (Lipinski definition) is 0. The third-order valence-corrected chi connectivity index (χ3v) is 9.18. The Morgan fingerprint density at radius 3 is 1.92 bits per heavy atom. The topological polar surface area (TPSA) is 82.6 Å². The van der Waals surface area contributed by atoms with Crippen molar-refractivity contribution in [3.8, 4) is 0 Å². The number of sulfonamides is 1. The van der Waals surface area contributed by atoms with E-state index in [0.29, 0.717) is 82.6 Å². The highest BCUT2D eigenvalue weighted by Gasteiger charge is 2.32. The first-order valence-electron chi connectivity index (χ1n) is 12.9. The number of hydrogen-bond acceptors (Lipinski definition) is 7. The van der Waals surface area contributed by atoms with Crippen LogP contribution in [0.3, 0.4) is 0 Å². The zero-order valence-electron chi connectivity index (χ0n) is 21.4. The van der Waals surface area contributed by atoms with Crippen molar-refractivity contribution in [2.24, 2.45) is 0 Å². The minimum absolute atomic E-state index is 0.0631. The Bertz CT molecular complexity index is 1270. The van der Waals surface area contributed by atoms with E-state index >= 15 is 0 Å². The van der Waals surface area contributed by atoms with Crippen molar-refractivity contribution in [1.82, 2.24) is 9.21 Å². The average Bonchev–Trinajstić information content (AvgIpc) is 2.97. The first kappa shape index (κ1) is 27.7. The molecular formula is C26H31F3N4O5S. The molecule has 0 spiro atoms. The summed E-state index contributed by atoms with van der Waals surface area (Å²) in [5, 5.41) is 0. The second kappa shape index (κ2) is 11.3. The van der Waals surface area contributed by atoms with Gasteiger partial charge in [-0.2, -0.15) is 17.5 Å². The van der Waals surface area contributed by atoms with E-state index in [-0.39, 0.29) is 23.9 Å². The molecule has 0 saturated carbocycles. The molecule has 0 aliphatic carbocycles. The second-order valence-electron chi connectivity index (χ2n) is 9.62. The average molecular weight is 569 g/mol. The number of amides is 1. The lowest BCUT2D eigenvalue weighted by Gasteiger charge is -2.37. The van der Waals surface area contributed by atoms with Gasteiger partial charge in [0.15, 0.2) is 0 Å². The van der Waals surface area contributed by atoms with E-state index in [0.717, 1.165) is 12.1 Å². The van der Waals surface area contributed by atoms with E-state index in [1.54, 1.807) is 17.0 Å². The van der Waals surface area contributed by atoms with Gasteiger partial charge < -0.3 is 24.2 Å². The summed E-state index contributed by atoms with van der Waals surface area (Å²) in [7, 11) is -3.80. The second-order valence-corrected chi connectivity index (χ2v) is 11.6. The predicted molar refractivity (Wildman–Crippen MR) is 139 cm³/mol. The van der Waals surface area contributed by atoms with Gasteiger partial charge in [-0.3, -0.25) is 4.79 Å². The van der Waals surface area contributed by atoms with Gasteiger partial charge in [0.1, 0.15) is 0 Å². The number of piperazine rings is 1. The van der Waals surface area contributed by atoms with E-state index < -0.39 is 21.8 Å². The molecule has 13 heteroatoms. The molecule has 3 aliphatic heterocycles. The number of carbonyl (C=O) groups excluding carboxylic acids is 1. The van der Waals surface area contributed by atoms with Crippen molar-refractivity contribution in [3.63, 3.8) is 0 Å². The Labute approximate surface area is 225 Å². The van der Waals surface area contributed by atoms with E-state index in [2.05, 4.69) is 0 Å². The van der Waals surface area contributed by atoms with Crippen LogP contribution in [-0.4, -0.2) is 102 Å². The van der Waals surface area contributed by atoms with E-state index in [1.807, 2.05) is 9.80 Å². The van der Waals surface area contributed by atoms with E-state index in [9.17, 15) is 26.4 Å². The quantitative estimate of drug-likeness (QED) is 0.549. The molecule has 212 valence electrons. The lowest BCUT2D eigenvalue weighted by atomic mass is 10.1. The lowest BCUT2D eigenvalue weighted by Crippen LogP contribution is -2.49. The van der Waals surface area contributed by atoms with Gasteiger partial charge in [-0.25, -0.2) is 8.42 Å². The van der Waals surface area contributed by atoms with Crippen molar-refractivity contribution in [3.05, 3.63) is 53.6 Å². The van der Waals surface area contributed by atoms with E-state index in [1.165, 1.54) is 22.5 Å². The van der Waals surface area contributed by atoms with Gasteiger partial charge in [-0.1, -0.05) is 0 Å². The van der Waals surface area contributed by atoms with E-state index in [4.69, 9.17) is 9.47 Å². The highest BCUT2D eigenvalue weighted by Crippen LogP contribution is 2.32. The van der Waals surface area contributed by atoms with Crippen molar-refractivity contribution in [1.29, 1.82) is 0 Å². The Morgan fingerprint density at radius 1 is 0.744 bits per heavy atom. The van der Waals surface area contributed by atoms with Gasteiger partial charge in [0.25, 0.3) is 5.91 Å². The van der Waals surface area contributed by atoms with Crippen LogP contribution in [0.1, 0.15) is 15.9 Å². The maximum Gasteiger partial charge on any atom is 0.416 e. The number of ether oxygens (including phenoxy) is 2. The van der Waals surface area contributed by atoms with Crippen LogP contribution in [0.15, 0.2) is 47.4 Å². The van der Waals surface area contributed by atoms with Crippen LogP contribution in [0.25, 0.3) is 0 Å². The minimum atomic E-state index is -4.40. The number of anilines is 2. The predicted octanol–water partition coefficient (Wildman–Crippen LogP) is 2.53. The number of rotatable bonds is 5. The number of nitrogens with zero attached hydrogens (tertiary/aromatic N) is 4. The van der Waals surface area contributed by atoms with Crippen LogP contribution in [0, 0.1) is 0 Å². The summed E-state index contributed by atoms with van der Waals surface area (Å²) in [5.74, 6) is -0.275. The Balaban J connectivity index is 1.36. The molecule has 0 N–H and O–H groups in total. The standard InChI is InChI=1S/C26H31F3N4O5S/c27-26(28,29)20-1-3-21(4-2-20)30-7-9-32(10-8-30)25(34)23-19-22(39(35,36)33-13-17-38-18-14-33)5-6-24(23)31-11-15-37-16-12-31/h1-6,19H,7-18H2. The van der Waals surface area contributed by atoms with Gasteiger partial charge >= 0.3 is 6.18 Å². The van der Waals surface area contributed by atoms with Crippen LogP contribution < -0.4 is 9.80 Å². The van der Waals surface area contributed by atoms with Gasteiger partial charge in [-0.15, -0.1) is 0 Å². The Morgan fingerprint density at radius 2 is 1.33 bits per heavy atom. The molecule has 9 nitrogen and oxygen atoms in total. The normalized spacial score (nSPS) is 19.8. The highest BCUT2D eigenvalue weighted by atomic mass is 32.2. The molecule has 0 radical (unpaired) electrons. The fraction of sp³-hybridized carbons (Fsp3) is 0.500. The lowest BCUT2D eigenvalue weighted by molar-refractivity contribution is -0.137. The Kier molecular flexibility index (Phi) is 8.04. The minimum Gasteiger partial charge on any atom is -0.379 e. The van der Waals surface area contributed by atoms with Crippen molar-refractivity contribution >= 4 is 27.3 Å². The highest BCUT2D eigenvalue weighted by molar-refractivity contribution is 7.89. The molecular weight excluding hydrogens is 537 g/mol. The third-order valence-electron chi connectivity index (χ3n) is 7.28. The third kappa shape index (κ3) is 6.01. The molecule has 39 heavy (non-hydrogen) atoms. The first-order chi connectivity index (χ1) is 18.6. The van der Waals surface area contributed by atoms with Crippen LogP contribution in [0.5, 0.6) is 0 Å². The van der Waals surface area contributed by atoms with Gasteiger partial charge in [-0.05, 0) is 42.5 Å². The number of morpholine rings is 2. The van der Waals surface area contributed by atoms with Gasteiger partial charge in [0.05, 0.1) is 42.4 Å². The van der Waals surface area contributed by atoms with Gasteiger partial charge in [0.2, 0.25) is 10.0 Å². The molecule has 0 atom stereocenters. The molecule has 5 rings (SSSR count). The zero-order chi connectivity index (χ0) is 27.6. The Hall–Kier alpha value is -2.87. The zero-order valence-corrected chi connectivity index (χ0v) is 22.2. The molecule has 1 amide bonds. The van der Waals surface area contributed by atoms with Crippen molar-refractivity contribution in [2.45, 2.75) is 11.1 Å². The number of halogens is 3. The SMILES string of the molecule is O=C(c1cc(S(=O)(=O)N2CCOCC2)ccc1N1CCOCC1)N1CCN(c2ccc(C(F)(F)F)cc2)CC1. The van der Waals surface area contributed by atoms with Crippen LogP contribution in [-0.2, 0) is 25.7 Å².